The van der Waals surface area contributed by atoms with E-state index in [1.54, 1.807) is 17.2 Å². The first kappa shape index (κ1) is 17.8. The largest absolute Gasteiger partial charge is 0.395 e. The van der Waals surface area contributed by atoms with Gasteiger partial charge in [-0.05, 0) is 37.6 Å². The lowest BCUT2D eigenvalue weighted by Gasteiger charge is -2.31. The van der Waals surface area contributed by atoms with Gasteiger partial charge in [0.05, 0.1) is 28.3 Å². The summed E-state index contributed by atoms with van der Waals surface area (Å²) in [6, 6.07) is 3.62. The molecule has 0 spiro atoms. The monoisotopic (exact) mass is 353 g/mol. The minimum Gasteiger partial charge on any atom is -0.395 e. The molecule has 1 aliphatic heterocycles. The number of fused-ring (bicyclic) bond motifs is 1. The molecule has 1 N–H and O–H groups in total. The van der Waals surface area contributed by atoms with Crippen molar-refractivity contribution in [1.29, 1.82) is 0 Å². The van der Waals surface area contributed by atoms with Gasteiger partial charge in [0.1, 0.15) is 0 Å². The van der Waals surface area contributed by atoms with Gasteiger partial charge in [0.25, 0.3) is 5.91 Å². The molecule has 0 atom stereocenters. The standard InChI is InChI=1S/C14H14ClN3O2S.C2H6/c1-14(2)11-8(12(20)18(14)5-6-19)7-10(21-11)9-3-4-16-13(15)17-9;1-2/h3-4,7,19H,5-6H2,1-2H3;1-2H3. The fraction of sp³-hybridized carbons (Fsp3) is 0.438. The molecular formula is C16H20ClN3O2S. The lowest BCUT2D eigenvalue weighted by molar-refractivity contribution is 0.0565. The highest BCUT2D eigenvalue weighted by Gasteiger charge is 2.44. The molecule has 2 aromatic heterocycles. The zero-order valence-corrected chi connectivity index (χ0v) is 15.2. The van der Waals surface area contributed by atoms with Crippen molar-refractivity contribution in [3.05, 3.63) is 34.1 Å². The molecule has 0 saturated heterocycles. The summed E-state index contributed by atoms with van der Waals surface area (Å²) >= 11 is 7.35. The van der Waals surface area contributed by atoms with Crippen molar-refractivity contribution >= 4 is 28.8 Å². The smallest absolute Gasteiger partial charge is 0.255 e. The lowest BCUT2D eigenvalue weighted by Crippen LogP contribution is -2.40. The van der Waals surface area contributed by atoms with Crippen molar-refractivity contribution in [2.24, 2.45) is 0 Å². The summed E-state index contributed by atoms with van der Waals surface area (Å²) in [5.74, 6) is -0.0493. The Labute approximate surface area is 145 Å². The van der Waals surface area contributed by atoms with E-state index in [4.69, 9.17) is 16.7 Å². The van der Waals surface area contributed by atoms with Crippen LogP contribution in [0.3, 0.4) is 0 Å². The second-order valence-electron chi connectivity index (χ2n) is 5.30. The molecule has 0 radical (unpaired) electrons. The van der Waals surface area contributed by atoms with Crippen molar-refractivity contribution in [2.45, 2.75) is 33.2 Å². The van der Waals surface area contributed by atoms with E-state index in [1.165, 1.54) is 11.3 Å². The highest BCUT2D eigenvalue weighted by atomic mass is 35.5. The molecular weight excluding hydrogens is 334 g/mol. The van der Waals surface area contributed by atoms with Gasteiger partial charge in [-0.15, -0.1) is 11.3 Å². The molecule has 23 heavy (non-hydrogen) atoms. The molecule has 0 fully saturated rings. The fourth-order valence-electron chi connectivity index (χ4n) is 2.61. The predicted octanol–water partition coefficient (Wildman–Crippen LogP) is 3.57. The van der Waals surface area contributed by atoms with Crippen LogP contribution in [0.5, 0.6) is 0 Å². The van der Waals surface area contributed by atoms with Crippen LogP contribution < -0.4 is 0 Å². The number of carbonyl (C=O) groups is 1. The minimum absolute atomic E-state index is 0.0432. The molecule has 1 aliphatic rings. The Balaban J connectivity index is 0.000000924. The zero-order valence-electron chi connectivity index (χ0n) is 13.6. The minimum atomic E-state index is -0.422. The van der Waals surface area contributed by atoms with Crippen molar-refractivity contribution in [2.75, 3.05) is 13.2 Å². The molecule has 0 bridgehead atoms. The number of carbonyl (C=O) groups excluding carboxylic acids is 1. The number of aliphatic hydroxyl groups is 1. The van der Waals surface area contributed by atoms with E-state index in [0.717, 1.165) is 9.75 Å². The topological polar surface area (TPSA) is 66.3 Å². The van der Waals surface area contributed by atoms with Crippen LogP contribution in [0, 0.1) is 0 Å². The van der Waals surface area contributed by atoms with E-state index in [2.05, 4.69) is 9.97 Å². The lowest BCUT2D eigenvalue weighted by atomic mass is 10.0. The first-order valence-electron chi connectivity index (χ1n) is 7.51. The average molecular weight is 354 g/mol. The maximum atomic E-state index is 12.5. The van der Waals surface area contributed by atoms with Crippen LogP contribution in [0.25, 0.3) is 10.6 Å². The van der Waals surface area contributed by atoms with Crippen LogP contribution in [-0.2, 0) is 5.54 Å². The van der Waals surface area contributed by atoms with E-state index < -0.39 is 5.54 Å². The first-order chi connectivity index (χ1) is 10.9. The molecule has 7 heteroatoms. The van der Waals surface area contributed by atoms with E-state index in [9.17, 15) is 4.79 Å². The molecule has 0 aromatic carbocycles. The number of β-amino-alcohol motifs (C(OH)–C–C–N with tert-alkyl or cyclic N) is 1. The number of aliphatic hydroxyl groups excluding tert-OH is 1. The Morgan fingerprint density at radius 3 is 2.65 bits per heavy atom. The molecule has 124 valence electrons. The summed E-state index contributed by atoms with van der Waals surface area (Å²) < 4.78 is 0. The number of thiophene rings is 1. The van der Waals surface area contributed by atoms with Gasteiger partial charge in [0.2, 0.25) is 5.28 Å². The number of hydrogen-bond acceptors (Lipinski definition) is 5. The summed E-state index contributed by atoms with van der Waals surface area (Å²) in [6.07, 6.45) is 1.60. The van der Waals surface area contributed by atoms with Gasteiger partial charge in [-0.3, -0.25) is 4.79 Å². The molecule has 5 nitrogen and oxygen atoms in total. The van der Waals surface area contributed by atoms with Gasteiger partial charge in [-0.2, -0.15) is 0 Å². The van der Waals surface area contributed by atoms with Crippen molar-refractivity contribution in [3.8, 4) is 10.6 Å². The Bertz CT molecular complexity index is 715. The summed E-state index contributed by atoms with van der Waals surface area (Å²) in [6.45, 7) is 8.26. The number of hydrogen-bond donors (Lipinski definition) is 1. The van der Waals surface area contributed by atoms with Crippen molar-refractivity contribution < 1.29 is 9.90 Å². The number of rotatable bonds is 3. The zero-order chi connectivity index (χ0) is 17.2. The molecule has 0 aliphatic carbocycles. The van der Waals surface area contributed by atoms with E-state index in [1.807, 2.05) is 33.8 Å². The van der Waals surface area contributed by atoms with Gasteiger partial charge in [-0.1, -0.05) is 13.8 Å². The summed E-state index contributed by atoms with van der Waals surface area (Å²) in [7, 11) is 0. The number of aromatic nitrogens is 2. The summed E-state index contributed by atoms with van der Waals surface area (Å²) in [5, 5.41) is 9.32. The van der Waals surface area contributed by atoms with E-state index in [0.29, 0.717) is 17.8 Å². The maximum Gasteiger partial charge on any atom is 0.255 e. The summed E-state index contributed by atoms with van der Waals surface area (Å²) in [5.41, 5.74) is 0.976. The third-order valence-corrected chi connectivity index (χ3v) is 5.29. The third-order valence-electron chi connectivity index (χ3n) is 3.64. The van der Waals surface area contributed by atoms with Crippen LogP contribution in [0.2, 0.25) is 5.28 Å². The molecule has 1 amide bonds. The van der Waals surface area contributed by atoms with Crippen LogP contribution in [-0.4, -0.2) is 39.0 Å². The Hall–Kier alpha value is -1.50. The normalized spacial score (nSPS) is 15.2. The van der Waals surface area contributed by atoms with E-state index in [-0.39, 0.29) is 17.8 Å². The second-order valence-corrected chi connectivity index (χ2v) is 6.69. The number of nitrogens with zero attached hydrogens (tertiary/aromatic N) is 3. The summed E-state index contributed by atoms with van der Waals surface area (Å²) in [4.78, 5) is 24.1. The Kier molecular flexibility index (Phi) is 5.39. The van der Waals surface area contributed by atoms with Crippen LogP contribution in [0.4, 0.5) is 0 Å². The van der Waals surface area contributed by atoms with Crippen LogP contribution in [0.15, 0.2) is 18.3 Å². The Morgan fingerprint density at radius 1 is 1.39 bits per heavy atom. The second kappa shape index (κ2) is 6.95. The quantitative estimate of drug-likeness (QED) is 0.856. The Morgan fingerprint density at radius 2 is 2.09 bits per heavy atom. The predicted molar refractivity (Wildman–Crippen MR) is 92.9 cm³/mol. The van der Waals surface area contributed by atoms with Gasteiger partial charge in [-0.25, -0.2) is 9.97 Å². The van der Waals surface area contributed by atoms with Crippen LogP contribution >= 0.6 is 22.9 Å². The molecule has 2 aromatic rings. The van der Waals surface area contributed by atoms with Gasteiger partial charge >= 0.3 is 0 Å². The van der Waals surface area contributed by atoms with Gasteiger partial charge < -0.3 is 10.0 Å². The third kappa shape index (κ3) is 3.11. The van der Waals surface area contributed by atoms with Gasteiger partial charge in [0, 0.05) is 17.6 Å². The fourth-order valence-corrected chi connectivity index (χ4v) is 3.98. The molecule has 3 heterocycles. The molecule has 3 rings (SSSR count). The highest BCUT2D eigenvalue weighted by Crippen LogP contribution is 2.45. The van der Waals surface area contributed by atoms with E-state index >= 15 is 0 Å². The highest BCUT2D eigenvalue weighted by molar-refractivity contribution is 7.16. The van der Waals surface area contributed by atoms with Crippen molar-refractivity contribution in [3.63, 3.8) is 0 Å². The number of halogens is 1. The molecule has 0 saturated carbocycles. The average Bonchev–Trinajstić information content (AvgIpc) is 3.05. The number of amides is 1. The first-order valence-corrected chi connectivity index (χ1v) is 8.70. The SMILES string of the molecule is CC.CC1(C)c2sc(-c3ccnc(Cl)n3)cc2C(=O)N1CCO. The van der Waals surface area contributed by atoms with Crippen molar-refractivity contribution in [1.82, 2.24) is 14.9 Å². The van der Waals surface area contributed by atoms with Gasteiger partial charge in [0.15, 0.2) is 0 Å². The molecule has 0 unspecified atom stereocenters. The maximum absolute atomic E-state index is 12.5. The van der Waals surface area contributed by atoms with Crippen LogP contribution in [0.1, 0.15) is 42.9 Å².